The van der Waals surface area contributed by atoms with Gasteiger partial charge in [0.2, 0.25) is 11.2 Å². The Kier molecular flexibility index (Phi) is 2.62. The molecule has 0 radical (unpaired) electrons. The van der Waals surface area contributed by atoms with Gasteiger partial charge in [-0.15, -0.1) is 0 Å². The molecule has 90 valence electrons. The minimum atomic E-state index is 0.585. The third-order valence-corrected chi connectivity index (χ3v) is 3.10. The van der Waals surface area contributed by atoms with E-state index in [9.17, 15) is 5.21 Å². The molecule has 3 heteroatoms. The Labute approximate surface area is 110 Å². The smallest absolute Gasteiger partial charge is 0.224 e. The van der Waals surface area contributed by atoms with Crippen molar-refractivity contribution in [3.8, 4) is 17.3 Å². The van der Waals surface area contributed by atoms with Gasteiger partial charge in [0.05, 0.1) is 11.6 Å². The quantitative estimate of drug-likeness (QED) is 0.489. The van der Waals surface area contributed by atoms with E-state index in [1.165, 1.54) is 0 Å². The van der Waals surface area contributed by atoms with Gasteiger partial charge in [-0.2, -0.15) is 9.99 Å². The van der Waals surface area contributed by atoms with Gasteiger partial charge in [0.15, 0.2) is 0 Å². The molecule has 19 heavy (non-hydrogen) atoms. The monoisotopic (exact) mass is 246 g/mol. The molecule has 0 unspecified atom stereocenters. The Hall–Kier alpha value is -2.86. The lowest BCUT2D eigenvalue weighted by molar-refractivity contribution is -0.565. The van der Waals surface area contributed by atoms with Gasteiger partial charge in [-0.05, 0) is 36.4 Å². The lowest BCUT2D eigenvalue weighted by Gasteiger charge is -2.07. The molecule has 0 amide bonds. The van der Waals surface area contributed by atoms with Crippen molar-refractivity contribution < 1.29 is 4.73 Å². The van der Waals surface area contributed by atoms with E-state index in [4.69, 9.17) is 5.26 Å². The molecule has 1 aromatic heterocycles. The van der Waals surface area contributed by atoms with Gasteiger partial charge in [0, 0.05) is 23.1 Å². The molecule has 3 rings (SSSR count). The molecule has 0 saturated carbocycles. The summed E-state index contributed by atoms with van der Waals surface area (Å²) in [6.07, 6.45) is 0. The highest BCUT2D eigenvalue weighted by molar-refractivity contribution is 5.77. The third kappa shape index (κ3) is 1.90. The van der Waals surface area contributed by atoms with Crippen LogP contribution < -0.4 is 4.73 Å². The van der Waals surface area contributed by atoms with E-state index >= 15 is 0 Å². The first-order valence-corrected chi connectivity index (χ1v) is 5.91. The van der Waals surface area contributed by atoms with Gasteiger partial charge in [-0.1, -0.05) is 12.1 Å². The topological polar surface area (TPSA) is 50.7 Å². The van der Waals surface area contributed by atoms with Crippen LogP contribution in [0.1, 0.15) is 5.56 Å². The lowest BCUT2D eigenvalue weighted by atomic mass is 10.1. The number of nitrogens with zero attached hydrogens (tertiary/aromatic N) is 2. The molecule has 0 saturated heterocycles. The second-order valence-electron chi connectivity index (χ2n) is 4.26. The minimum Gasteiger partial charge on any atom is -0.618 e. The Morgan fingerprint density at radius 3 is 2.37 bits per heavy atom. The molecule has 0 fully saturated rings. The fraction of sp³-hybridized carbons (Fsp3) is 0. The number of hydrogen-bond donors (Lipinski definition) is 0. The summed E-state index contributed by atoms with van der Waals surface area (Å²) in [7, 11) is 0. The SMILES string of the molecule is N#Cc1ccc(-c2ccc3ccccc3[n+]2[O-])cc1. The summed E-state index contributed by atoms with van der Waals surface area (Å²) in [4.78, 5) is 0. The normalized spacial score (nSPS) is 10.3. The molecule has 0 spiro atoms. The van der Waals surface area contributed by atoms with Crippen LogP contribution >= 0.6 is 0 Å². The molecule has 0 N–H and O–H groups in total. The van der Waals surface area contributed by atoms with Crippen LogP contribution in [-0.4, -0.2) is 0 Å². The van der Waals surface area contributed by atoms with E-state index in [2.05, 4.69) is 6.07 Å². The van der Waals surface area contributed by atoms with Crippen molar-refractivity contribution in [1.82, 2.24) is 0 Å². The second kappa shape index (κ2) is 4.43. The zero-order valence-corrected chi connectivity index (χ0v) is 10.1. The van der Waals surface area contributed by atoms with Crippen molar-refractivity contribution in [3.05, 3.63) is 71.4 Å². The van der Waals surface area contributed by atoms with Crippen LogP contribution in [0.4, 0.5) is 0 Å². The minimum absolute atomic E-state index is 0.585. The number of hydrogen-bond acceptors (Lipinski definition) is 2. The fourth-order valence-electron chi connectivity index (χ4n) is 2.11. The molecule has 0 bridgehead atoms. The first kappa shape index (κ1) is 11.2. The number of rotatable bonds is 1. The Balaban J connectivity index is 2.19. The summed E-state index contributed by atoms with van der Waals surface area (Å²) in [5.74, 6) is 0. The van der Waals surface area contributed by atoms with Gasteiger partial charge in [-0.25, -0.2) is 0 Å². The molecular formula is C16H10N2O. The first-order valence-electron chi connectivity index (χ1n) is 5.91. The fourth-order valence-corrected chi connectivity index (χ4v) is 2.11. The van der Waals surface area contributed by atoms with Crippen LogP contribution in [0.5, 0.6) is 0 Å². The predicted molar refractivity (Wildman–Crippen MR) is 73.1 cm³/mol. The molecule has 2 aromatic carbocycles. The average Bonchev–Trinajstić information content (AvgIpc) is 2.48. The van der Waals surface area contributed by atoms with E-state index in [1.807, 2.05) is 24.3 Å². The number of para-hydroxylation sites is 1. The van der Waals surface area contributed by atoms with Crippen molar-refractivity contribution in [1.29, 1.82) is 5.26 Å². The highest BCUT2D eigenvalue weighted by Crippen LogP contribution is 2.19. The zero-order chi connectivity index (χ0) is 13.2. The number of fused-ring (bicyclic) bond motifs is 1. The van der Waals surface area contributed by atoms with Crippen molar-refractivity contribution in [2.24, 2.45) is 0 Å². The maximum absolute atomic E-state index is 12.3. The molecule has 3 nitrogen and oxygen atoms in total. The summed E-state index contributed by atoms with van der Waals surface area (Å²) < 4.78 is 0.927. The highest BCUT2D eigenvalue weighted by atomic mass is 16.5. The van der Waals surface area contributed by atoms with E-state index in [1.54, 1.807) is 36.4 Å². The van der Waals surface area contributed by atoms with E-state index < -0.39 is 0 Å². The first-order chi connectivity index (χ1) is 9.29. The maximum atomic E-state index is 12.3. The standard InChI is InChI=1S/C16H10N2O/c17-11-12-5-7-14(8-6-12)16-10-9-13-3-1-2-4-15(13)18(16)19/h1-10H. The van der Waals surface area contributed by atoms with Crippen LogP contribution in [0.15, 0.2) is 60.7 Å². The Bertz CT molecular complexity index is 786. The van der Waals surface area contributed by atoms with Crippen molar-refractivity contribution in [2.75, 3.05) is 0 Å². The van der Waals surface area contributed by atoms with Gasteiger partial charge >= 0.3 is 0 Å². The predicted octanol–water partition coefficient (Wildman–Crippen LogP) is 3.01. The van der Waals surface area contributed by atoms with Crippen molar-refractivity contribution in [2.45, 2.75) is 0 Å². The number of benzene rings is 2. The largest absolute Gasteiger partial charge is 0.618 e. The lowest BCUT2D eigenvalue weighted by Crippen LogP contribution is -2.29. The van der Waals surface area contributed by atoms with E-state index in [0.29, 0.717) is 16.8 Å². The molecule has 1 heterocycles. The van der Waals surface area contributed by atoms with Gasteiger partial charge < -0.3 is 5.21 Å². The number of nitriles is 1. The Morgan fingerprint density at radius 1 is 0.895 bits per heavy atom. The third-order valence-electron chi connectivity index (χ3n) is 3.10. The maximum Gasteiger partial charge on any atom is 0.224 e. The average molecular weight is 246 g/mol. The van der Waals surface area contributed by atoms with Gasteiger partial charge in [0.25, 0.3) is 0 Å². The zero-order valence-electron chi connectivity index (χ0n) is 10.1. The summed E-state index contributed by atoms with van der Waals surface area (Å²) in [6.45, 7) is 0. The second-order valence-corrected chi connectivity index (χ2v) is 4.26. The molecule has 0 aliphatic rings. The van der Waals surface area contributed by atoms with Gasteiger partial charge in [0.1, 0.15) is 0 Å². The summed E-state index contributed by atoms with van der Waals surface area (Å²) >= 11 is 0. The van der Waals surface area contributed by atoms with E-state index in [-0.39, 0.29) is 0 Å². The number of pyridine rings is 1. The number of aromatic nitrogens is 1. The molecule has 0 atom stereocenters. The van der Waals surface area contributed by atoms with Crippen molar-refractivity contribution >= 4 is 10.9 Å². The molecule has 3 aromatic rings. The van der Waals surface area contributed by atoms with Crippen LogP contribution in [0.2, 0.25) is 0 Å². The Morgan fingerprint density at radius 2 is 1.63 bits per heavy atom. The van der Waals surface area contributed by atoms with E-state index in [0.717, 1.165) is 15.7 Å². The highest BCUT2D eigenvalue weighted by Gasteiger charge is 2.11. The summed E-state index contributed by atoms with van der Waals surface area (Å²) in [5, 5.41) is 22.0. The summed E-state index contributed by atoms with van der Waals surface area (Å²) in [5.41, 5.74) is 2.62. The van der Waals surface area contributed by atoms with Crippen LogP contribution in [0.3, 0.4) is 0 Å². The van der Waals surface area contributed by atoms with Crippen molar-refractivity contribution in [3.63, 3.8) is 0 Å². The van der Waals surface area contributed by atoms with Crippen LogP contribution in [0, 0.1) is 16.5 Å². The summed E-state index contributed by atoms with van der Waals surface area (Å²) in [6, 6.07) is 20.3. The molecule has 0 aliphatic carbocycles. The molecule has 0 aliphatic heterocycles. The van der Waals surface area contributed by atoms with Gasteiger partial charge in [-0.3, -0.25) is 0 Å². The van der Waals surface area contributed by atoms with Crippen LogP contribution in [-0.2, 0) is 0 Å². The van der Waals surface area contributed by atoms with Crippen LogP contribution in [0.25, 0.3) is 22.2 Å². The molecular weight excluding hydrogens is 236 g/mol.